The van der Waals surface area contributed by atoms with Crippen LogP contribution in [0.15, 0.2) is 66.0 Å². The zero-order valence-corrected chi connectivity index (χ0v) is 19.0. The number of aryl methyl sites for hydroxylation is 1. The Morgan fingerprint density at radius 2 is 1.97 bits per heavy atom. The molecular weight excluding hydrogens is 459 g/mol. The predicted octanol–water partition coefficient (Wildman–Crippen LogP) is 5.14. The van der Waals surface area contributed by atoms with Crippen LogP contribution in [0.2, 0.25) is 0 Å². The van der Waals surface area contributed by atoms with Gasteiger partial charge in [0.05, 0.1) is 17.0 Å². The van der Waals surface area contributed by atoms with Crippen LogP contribution in [0.4, 0.5) is 10.1 Å². The van der Waals surface area contributed by atoms with Crippen LogP contribution in [0.25, 0.3) is 26.8 Å². The molecule has 1 N–H and O–H groups in total. The van der Waals surface area contributed by atoms with E-state index in [4.69, 9.17) is 4.98 Å². The van der Waals surface area contributed by atoms with Crippen molar-refractivity contribution < 1.29 is 9.18 Å². The summed E-state index contributed by atoms with van der Waals surface area (Å²) in [4.78, 5) is 19.6. The molecule has 164 valence electrons. The highest BCUT2D eigenvalue weighted by Crippen LogP contribution is 2.36. The van der Waals surface area contributed by atoms with Gasteiger partial charge in [-0.25, -0.2) is 9.37 Å². The maximum atomic E-state index is 14.3. The summed E-state index contributed by atoms with van der Waals surface area (Å²) in [5.74, 6) is -0.267. The Hall–Kier alpha value is -3.76. The maximum absolute atomic E-state index is 14.3. The van der Waals surface area contributed by atoms with Crippen LogP contribution in [0, 0.1) is 12.7 Å². The number of hydrogen-bond acceptors (Lipinski definition) is 7. The number of rotatable bonds is 6. The molecule has 0 saturated heterocycles. The number of nitrogens with one attached hydrogen (secondary N) is 1. The number of carbonyl (C=O) groups is 1. The molecule has 0 bridgehead atoms. The van der Waals surface area contributed by atoms with E-state index >= 15 is 0 Å². The van der Waals surface area contributed by atoms with Crippen LogP contribution < -0.4 is 5.32 Å². The lowest BCUT2D eigenvalue weighted by molar-refractivity contribution is -0.115. The summed E-state index contributed by atoms with van der Waals surface area (Å²) < 4.78 is 15.6. The Bertz CT molecular complexity index is 1410. The number of tetrazole rings is 1. The van der Waals surface area contributed by atoms with Crippen molar-refractivity contribution in [2.45, 2.75) is 13.3 Å². The highest BCUT2D eigenvalue weighted by Gasteiger charge is 2.18. The minimum atomic E-state index is -0.488. The van der Waals surface area contributed by atoms with Crippen LogP contribution >= 0.6 is 22.7 Å². The first-order chi connectivity index (χ1) is 16.1. The average Bonchev–Trinajstić information content (AvgIpc) is 3.57. The fourth-order valence-electron chi connectivity index (χ4n) is 3.34. The number of amides is 1. The van der Waals surface area contributed by atoms with Crippen molar-refractivity contribution in [3.8, 4) is 26.8 Å². The van der Waals surface area contributed by atoms with Crippen molar-refractivity contribution in [1.29, 1.82) is 0 Å². The zero-order chi connectivity index (χ0) is 22.8. The molecule has 2 aromatic carbocycles. The van der Waals surface area contributed by atoms with Gasteiger partial charge in [0.25, 0.3) is 0 Å². The topological polar surface area (TPSA) is 85.6 Å². The molecule has 3 aromatic heterocycles. The number of nitrogens with zero attached hydrogens (tertiary/aromatic N) is 5. The van der Waals surface area contributed by atoms with Crippen molar-refractivity contribution in [2.24, 2.45) is 0 Å². The number of anilines is 1. The van der Waals surface area contributed by atoms with Crippen LogP contribution in [0.3, 0.4) is 0 Å². The minimum Gasteiger partial charge on any atom is -0.326 e. The molecule has 0 aliphatic heterocycles. The Labute approximate surface area is 196 Å². The Morgan fingerprint density at radius 1 is 1.12 bits per heavy atom. The van der Waals surface area contributed by atoms with Gasteiger partial charge in [-0.15, -0.1) is 27.8 Å². The molecule has 5 aromatic rings. The van der Waals surface area contributed by atoms with E-state index in [-0.39, 0.29) is 18.0 Å². The van der Waals surface area contributed by atoms with E-state index in [1.54, 1.807) is 18.3 Å². The van der Waals surface area contributed by atoms with Gasteiger partial charge in [-0.3, -0.25) is 4.79 Å². The summed E-state index contributed by atoms with van der Waals surface area (Å²) >= 11 is 3.08. The Kier molecular flexibility index (Phi) is 5.76. The second-order valence-corrected chi connectivity index (χ2v) is 9.19. The van der Waals surface area contributed by atoms with E-state index < -0.39 is 5.82 Å². The minimum absolute atomic E-state index is 0.147. The molecule has 0 fully saturated rings. The predicted molar refractivity (Wildman–Crippen MR) is 127 cm³/mol. The Balaban J connectivity index is 1.41. The Morgan fingerprint density at radius 3 is 2.70 bits per heavy atom. The molecule has 10 heteroatoms. The zero-order valence-electron chi connectivity index (χ0n) is 17.4. The van der Waals surface area contributed by atoms with E-state index in [1.165, 1.54) is 34.2 Å². The highest BCUT2D eigenvalue weighted by molar-refractivity contribution is 7.17. The second kappa shape index (κ2) is 9.00. The van der Waals surface area contributed by atoms with E-state index in [2.05, 4.69) is 20.8 Å². The summed E-state index contributed by atoms with van der Waals surface area (Å²) in [6.07, 6.45) is 0.147. The number of carbonyl (C=O) groups excluding carboxylic acids is 1. The molecule has 3 heterocycles. The summed E-state index contributed by atoms with van der Waals surface area (Å²) in [7, 11) is 0. The molecule has 0 aliphatic rings. The van der Waals surface area contributed by atoms with Gasteiger partial charge in [0.1, 0.15) is 16.5 Å². The largest absolute Gasteiger partial charge is 0.326 e. The van der Waals surface area contributed by atoms with E-state index in [1.807, 2.05) is 47.8 Å². The molecule has 0 spiro atoms. The van der Waals surface area contributed by atoms with Crippen LogP contribution in [-0.2, 0) is 11.2 Å². The number of thiazole rings is 1. The summed E-state index contributed by atoms with van der Waals surface area (Å²) in [6, 6.07) is 18.2. The van der Waals surface area contributed by atoms with Gasteiger partial charge < -0.3 is 5.32 Å². The molecule has 0 radical (unpaired) electrons. The molecular formula is C23H17FN6OS2. The van der Waals surface area contributed by atoms with E-state index in [9.17, 15) is 9.18 Å². The highest BCUT2D eigenvalue weighted by atomic mass is 32.1. The normalized spacial score (nSPS) is 11.0. The van der Waals surface area contributed by atoms with E-state index in [0.29, 0.717) is 11.5 Å². The monoisotopic (exact) mass is 476 g/mol. The van der Waals surface area contributed by atoms with Crippen molar-refractivity contribution in [1.82, 2.24) is 25.2 Å². The lowest BCUT2D eigenvalue weighted by atomic mass is 10.2. The summed E-state index contributed by atoms with van der Waals surface area (Å²) in [5.41, 5.74) is 2.44. The van der Waals surface area contributed by atoms with Crippen molar-refractivity contribution in [2.75, 3.05) is 5.32 Å². The third-order valence-corrected chi connectivity index (χ3v) is 6.86. The van der Waals surface area contributed by atoms with Crippen LogP contribution in [-0.4, -0.2) is 31.1 Å². The molecule has 1 amide bonds. The van der Waals surface area contributed by atoms with Gasteiger partial charge in [-0.1, -0.05) is 36.4 Å². The summed E-state index contributed by atoms with van der Waals surface area (Å²) in [5, 5.41) is 16.8. The molecule has 5 rings (SSSR count). The fourth-order valence-corrected chi connectivity index (χ4v) is 5.23. The van der Waals surface area contributed by atoms with Gasteiger partial charge in [0, 0.05) is 16.1 Å². The third-order valence-electron chi connectivity index (χ3n) is 4.88. The number of thiophene rings is 1. The lowest BCUT2D eigenvalue weighted by Gasteiger charge is -2.09. The van der Waals surface area contributed by atoms with Gasteiger partial charge in [-0.2, -0.15) is 4.68 Å². The molecule has 0 atom stereocenters. The molecule has 0 unspecified atom stereocenters. The van der Waals surface area contributed by atoms with Crippen molar-refractivity contribution in [3.05, 3.63) is 82.6 Å². The smallest absolute Gasteiger partial charge is 0.229 e. The van der Waals surface area contributed by atoms with Gasteiger partial charge >= 0.3 is 0 Å². The van der Waals surface area contributed by atoms with Crippen molar-refractivity contribution in [3.63, 3.8) is 0 Å². The van der Waals surface area contributed by atoms with Gasteiger partial charge in [0.15, 0.2) is 5.82 Å². The molecule has 0 aliphatic carbocycles. The van der Waals surface area contributed by atoms with Crippen LogP contribution in [0.1, 0.15) is 10.7 Å². The third kappa shape index (κ3) is 4.43. The number of aromatic nitrogens is 5. The van der Waals surface area contributed by atoms with Gasteiger partial charge in [-0.05, 0) is 47.0 Å². The molecule has 0 saturated carbocycles. The first kappa shape index (κ1) is 21.1. The first-order valence-corrected chi connectivity index (χ1v) is 11.7. The number of hydrogen-bond donors (Lipinski definition) is 1. The lowest BCUT2D eigenvalue weighted by Crippen LogP contribution is -2.15. The standard InChI is InChI=1S/C23H17FN6OS2/c1-14-27-28-29-30(14)18-12-16(9-10-17(18)24)25-21(31)13-20-22(19-8-5-11-32-19)26-23(33-20)15-6-3-2-4-7-15/h2-12H,13H2,1H3,(H,25,31). The second-order valence-electron chi connectivity index (χ2n) is 7.16. The summed E-state index contributed by atoms with van der Waals surface area (Å²) in [6.45, 7) is 1.67. The fraction of sp³-hybridized carbons (Fsp3) is 0.0870. The SMILES string of the molecule is Cc1nnnn1-c1cc(NC(=O)Cc2sc(-c3ccccc3)nc2-c2cccs2)ccc1F. The van der Waals surface area contributed by atoms with E-state index in [0.717, 1.165) is 26.0 Å². The average molecular weight is 477 g/mol. The maximum Gasteiger partial charge on any atom is 0.229 e. The quantitative estimate of drug-likeness (QED) is 0.367. The number of halogens is 1. The van der Waals surface area contributed by atoms with Crippen molar-refractivity contribution >= 4 is 34.3 Å². The molecule has 7 nitrogen and oxygen atoms in total. The van der Waals surface area contributed by atoms with Crippen LogP contribution in [0.5, 0.6) is 0 Å². The van der Waals surface area contributed by atoms with Gasteiger partial charge in [0.2, 0.25) is 5.91 Å². The molecule has 33 heavy (non-hydrogen) atoms. The number of benzene rings is 2. The first-order valence-electron chi connectivity index (χ1n) is 10.0.